The maximum atomic E-state index is 13.2. The van der Waals surface area contributed by atoms with Crippen LogP contribution in [0.15, 0.2) is 41.4 Å². The highest BCUT2D eigenvalue weighted by atomic mass is 19.4. The number of aromatic hydroxyl groups is 1. The van der Waals surface area contributed by atoms with E-state index >= 15 is 0 Å². The van der Waals surface area contributed by atoms with Crippen LogP contribution in [0.1, 0.15) is 43.0 Å². The SMILES string of the molecule is CC(C)(C)c1cccc(C=Nc2cccc(C(F)(F)F)c2C(F)(F)F)c1O. The number of hydrogen-bond donors (Lipinski definition) is 1. The average Bonchev–Trinajstić information content (AvgIpc) is 2.50. The van der Waals surface area contributed by atoms with Gasteiger partial charge in [0, 0.05) is 11.8 Å². The van der Waals surface area contributed by atoms with Crippen molar-refractivity contribution in [2.24, 2.45) is 4.99 Å². The second-order valence-electron chi connectivity index (χ2n) is 6.95. The Labute approximate surface area is 152 Å². The first-order chi connectivity index (χ1) is 12.2. The van der Waals surface area contributed by atoms with Crippen LogP contribution in [0.5, 0.6) is 5.75 Å². The Hall–Kier alpha value is -2.51. The molecule has 1 N–H and O–H groups in total. The number of nitrogens with zero attached hydrogens (tertiary/aromatic N) is 1. The molecular formula is C19H17F6NO. The Morgan fingerprint density at radius 3 is 1.89 bits per heavy atom. The molecule has 0 bridgehead atoms. The molecule has 0 aliphatic carbocycles. The summed E-state index contributed by atoms with van der Waals surface area (Å²) < 4.78 is 78.7. The molecule has 146 valence electrons. The van der Waals surface area contributed by atoms with Gasteiger partial charge in [0.2, 0.25) is 0 Å². The maximum absolute atomic E-state index is 13.2. The second kappa shape index (κ2) is 6.90. The number of para-hydroxylation sites is 1. The van der Waals surface area contributed by atoms with E-state index in [1.165, 1.54) is 6.07 Å². The molecule has 0 spiro atoms. The van der Waals surface area contributed by atoms with Crippen molar-refractivity contribution in [1.82, 2.24) is 0 Å². The summed E-state index contributed by atoms with van der Waals surface area (Å²) in [5.74, 6) is -0.186. The zero-order valence-electron chi connectivity index (χ0n) is 14.7. The number of benzene rings is 2. The van der Waals surface area contributed by atoms with E-state index in [0.717, 1.165) is 18.3 Å². The second-order valence-corrected chi connectivity index (χ2v) is 6.95. The highest BCUT2D eigenvalue weighted by Gasteiger charge is 2.44. The lowest BCUT2D eigenvalue weighted by atomic mass is 9.85. The van der Waals surface area contributed by atoms with Gasteiger partial charge in [-0.15, -0.1) is 0 Å². The van der Waals surface area contributed by atoms with Gasteiger partial charge in [-0.05, 0) is 29.2 Å². The number of aliphatic imine (C=N–C) groups is 1. The van der Waals surface area contributed by atoms with Crippen LogP contribution in [0.3, 0.4) is 0 Å². The van der Waals surface area contributed by atoms with E-state index in [0.29, 0.717) is 11.6 Å². The van der Waals surface area contributed by atoms with Gasteiger partial charge in [0.15, 0.2) is 0 Å². The van der Waals surface area contributed by atoms with Crippen molar-refractivity contribution in [2.45, 2.75) is 38.5 Å². The van der Waals surface area contributed by atoms with Gasteiger partial charge in [-0.2, -0.15) is 26.3 Å². The molecule has 0 fully saturated rings. The third-order valence-electron chi connectivity index (χ3n) is 3.85. The lowest BCUT2D eigenvalue weighted by Gasteiger charge is -2.21. The first-order valence-corrected chi connectivity index (χ1v) is 7.87. The zero-order chi connectivity index (χ0) is 20.6. The van der Waals surface area contributed by atoms with Gasteiger partial charge in [-0.3, -0.25) is 4.99 Å². The normalized spacial score (nSPS) is 13.4. The van der Waals surface area contributed by atoms with Gasteiger partial charge in [-0.25, -0.2) is 0 Å². The molecule has 0 amide bonds. The molecule has 0 saturated carbocycles. The largest absolute Gasteiger partial charge is 0.507 e. The fraction of sp³-hybridized carbons (Fsp3) is 0.316. The number of rotatable bonds is 2. The summed E-state index contributed by atoms with van der Waals surface area (Å²) in [5, 5.41) is 10.3. The van der Waals surface area contributed by atoms with E-state index in [9.17, 15) is 31.4 Å². The molecule has 2 aromatic rings. The van der Waals surface area contributed by atoms with E-state index in [2.05, 4.69) is 4.99 Å². The van der Waals surface area contributed by atoms with Crippen LogP contribution < -0.4 is 0 Å². The lowest BCUT2D eigenvalue weighted by Crippen LogP contribution is -2.16. The number of hydrogen-bond acceptors (Lipinski definition) is 2. The summed E-state index contributed by atoms with van der Waals surface area (Å²) in [5.41, 5.74) is -4.35. The summed E-state index contributed by atoms with van der Waals surface area (Å²) in [6.45, 7) is 5.49. The monoisotopic (exact) mass is 389 g/mol. The van der Waals surface area contributed by atoms with Gasteiger partial charge >= 0.3 is 12.4 Å². The predicted octanol–water partition coefficient (Wildman–Crippen LogP) is 6.48. The van der Waals surface area contributed by atoms with Crippen LogP contribution in [0.4, 0.5) is 32.0 Å². The minimum Gasteiger partial charge on any atom is -0.507 e. The van der Waals surface area contributed by atoms with Gasteiger partial charge in [-0.1, -0.05) is 39.0 Å². The van der Waals surface area contributed by atoms with Crippen LogP contribution in [-0.2, 0) is 17.8 Å². The van der Waals surface area contributed by atoms with Gasteiger partial charge < -0.3 is 5.11 Å². The first-order valence-electron chi connectivity index (χ1n) is 7.87. The molecule has 0 aliphatic heterocycles. The van der Waals surface area contributed by atoms with E-state index < -0.39 is 34.6 Å². The number of halogens is 6. The Kier molecular flexibility index (Phi) is 5.32. The van der Waals surface area contributed by atoms with Crippen molar-refractivity contribution >= 4 is 11.9 Å². The molecule has 0 heterocycles. The van der Waals surface area contributed by atoms with Crippen molar-refractivity contribution in [2.75, 3.05) is 0 Å². The van der Waals surface area contributed by atoms with Gasteiger partial charge in [0.25, 0.3) is 0 Å². The van der Waals surface area contributed by atoms with Crippen LogP contribution in [-0.4, -0.2) is 11.3 Å². The fourth-order valence-electron chi connectivity index (χ4n) is 2.59. The zero-order valence-corrected chi connectivity index (χ0v) is 14.7. The topological polar surface area (TPSA) is 32.6 Å². The van der Waals surface area contributed by atoms with E-state index in [-0.39, 0.29) is 11.3 Å². The maximum Gasteiger partial charge on any atom is 0.419 e. The Morgan fingerprint density at radius 1 is 0.815 bits per heavy atom. The molecule has 27 heavy (non-hydrogen) atoms. The molecule has 8 heteroatoms. The number of phenolic OH excluding ortho intramolecular Hbond substituents is 1. The van der Waals surface area contributed by atoms with E-state index in [1.54, 1.807) is 12.1 Å². The van der Waals surface area contributed by atoms with Crippen molar-refractivity contribution in [3.8, 4) is 5.75 Å². The van der Waals surface area contributed by atoms with Crippen molar-refractivity contribution in [3.63, 3.8) is 0 Å². The van der Waals surface area contributed by atoms with Crippen LogP contribution in [0, 0.1) is 0 Å². The fourth-order valence-corrected chi connectivity index (χ4v) is 2.59. The first kappa shape index (κ1) is 20.8. The highest BCUT2D eigenvalue weighted by Crippen LogP contribution is 2.45. The van der Waals surface area contributed by atoms with Gasteiger partial charge in [0.1, 0.15) is 5.75 Å². The Morgan fingerprint density at radius 2 is 1.37 bits per heavy atom. The summed E-state index contributed by atoms with van der Waals surface area (Å²) in [7, 11) is 0. The quantitative estimate of drug-likeness (QED) is 0.463. The number of alkyl halides is 6. The average molecular weight is 389 g/mol. The molecule has 0 radical (unpaired) electrons. The standard InChI is InChI=1S/C19H17F6NO/c1-17(2,3)13-8-4-6-11(16(13)27)10-26-14-9-5-7-12(18(20,21)22)15(14)19(23,24)25/h4-10,27H,1-3H3. The third kappa shape index (κ3) is 4.61. The van der Waals surface area contributed by atoms with Crippen molar-refractivity contribution in [1.29, 1.82) is 0 Å². The molecule has 0 aromatic heterocycles. The Balaban J connectivity index is 2.60. The minimum atomic E-state index is -5.24. The van der Waals surface area contributed by atoms with Crippen LogP contribution in [0.2, 0.25) is 0 Å². The van der Waals surface area contributed by atoms with Gasteiger partial charge in [0.05, 0.1) is 16.8 Å². The predicted molar refractivity (Wildman–Crippen MR) is 90.5 cm³/mol. The van der Waals surface area contributed by atoms with Crippen molar-refractivity contribution in [3.05, 3.63) is 58.7 Å². The summed E-state index contributed by atoms with van der Waals surface area (Å²) in [4.78, 5) is 3.60. The third-order valence-corrected chi connectivity index (χ3v) is 3.85. The highest BCUT2D eigenvalue weighted by molar-refractivity contribution is 5.86. The van der Waals surface area contributed by atoms with Crippen LogP contribution in [0.25, 0.3) is 0 Å². The van der Waals surface area contributed by atoms with E-state index in [1.807, 2.05) is 20.8 Å². The molecule has 0 unspecified atom stereocenters. The number of phenols is 1. The molecule has 2 rings (SSSR count). The lowest BCUT2D eigenvalue weighted by molar-refractivity contribution is -0.161. The molecule has 0 aliphatic rings. The smallest absolute Gasteiger partial charge is 0.419 e. The molecular weight excluding hydrogens is 372 g/mol. The molecule has 0 atom stereocenters. The van der Waals surface area contributed by atoms with Crippen molar-refractivity contribution < 1.29 is 31.4 Å². The Bertz CT molecular complexity index is 860. The minimum absolute atomic E-state index is 0.105. The summed E-state index contributed by atoms with van der Waals surface area (Å²) in [6.07, 6.45) is -9.49. The molecule has 2 aromatic carbocycles. The van der Waals surface area contributed by atoms with E-state index in [4.69, 9.17) is 0 Å². The summed E-state index contributed by atoms with van der Waals surface area (Å²) in [6, 6.07) is 6.71. The molecule has 0 saturated heterocycles. The summed E-state index contributed by atoms with van der Waals surface area (Å²) >= 11 is 0. The molecule has 2 nitrogen and oxygen atoms in total. The van der Waals surface area contributed by atoms with Crippen LogP contribution >= 0.6 is 0 Å².